The van der Waals surface area contributed by atoms with Crippen LogP contribution in [0.3, 0.4) is 0 Å². The minimum absolute atomic E-state index is 0.769. The van der Waals surface area contributed by atoms with Gasteiger partial charge >= 0.3 is 0 Å². The van der Waals surface area contributed by atoms with E-state index in [4.69, 9.17) is 4.74 Å². The van der Waals surface area contributed by atoms with Crippen molar-refractivity contribution in [3.63, 3.8) is 0 Å². The number of methoxy groups -OCH3 is 1. The lowest BCUT2D eigenvalue weighted by Crippen LogP contribution is -2.17. The number of rotatable bonds is 7. The van der Waals surface area contributed by atoms with Gasteiger partial charge in [0.15, 0.2) is 0 Å². The molecule has 0 amide bonds. The Kier molecular flexibility index (Phi) is 6.79. The Morgan fingerprint density at radius 3 is 2.41 bits per heavy atom. The van der Waals surface area contributed by atoms with Crippen molar-refractivity contribution in [3.8, 4) is 5.75 Å². The molecule has 0 aromatic heterocycles. The predicted molar refractivity (Wildman–Crippen MR) is 95.8 cm³/mol. The molecular formula is C21H34O. The maximum Gasteiger partial charge on any atom is 0.122 e. The lowest BCUT2D eigenvalue weighted by molar-refractivity contribution is 0.258. The molecule has 2 rings (SSSR count). The van der Waals surface area contributed by atoms with Crippen molar-refractivity contribution in [2.24, 2.45) is 11.8 Å². The second-order valence-corrected chi connectivity index (χ2v) is 7.38. The van der Waals surface area contributed by atoms with Crippen molar-refractivity contribution in [1.82, 2.24) is 0 Å². The summed E-state index contributed by atoms with van der Waals surface area (Å²) in [4.78, 5) is 0. The smallest absolute Gasteiger partial charge is 0.122 e. The molecule has 0 aliphatic heterocycles. The molecule has 0 spiro atoms. The van der Waals surface area contributed by atoms with Gasteiger partial charge in [-0.3, -0.25) is 0 Å². The van der Waals surface area contributed by atoms with E-state index in [2.05, 4.69) is 39.0 Å². The van der Waals surface area contributed by atoms with E-state index in [9.17, 15) is 0 Å². The number of hydrogen-bond acceptors (Lipinski definition) is 1. The summed E-state index contributed by atoms with van der Waals surface area (Å²) in [6.45, 7) is 7.02. The number of hydrogen-bond donors (Lipinski definition) is 0. The maximum absolute atomic E-state index is 5.57. The zero-order valence-corrected chi connectivity index (χ0v) is 15.0. The SMILES string of the molecule is CCCCCc1cc(C2CCC(C(C)C)CC2)ccc1OC. The zero-order valence-electron chi connectivity index (χ0n) is 15.0. The first-order chi connectivity index (χ1) is 10.7. The Balaban J connectivity index is 2.03. The molecule has 0 N–H and O–H groups in total. The highest BCUT2D eigenvalue weighted by Crippen LogP contribution is 2.39. The fraction of sp³-hybridized carbons (Fsp3) is 0.714. The molecule has 1 heteroatoms. The third-order valence-corrected chi connectivity index (χ3v) is 5.54. The van der Waals surface area contributed by atoms with Gasteiger partial charge in [0.1, 0.15) is 5.75 Å². The fourth-order valence-corrected chi connectivity index (χ4v) is 3.93. The number of benzene rings is 1. The van der Waals surface area contributed by atoms with Gasteiger partial charge < -0.3 is 4.74 Å². The number of ether oxygens (including phenoxy) is 1. The molecule has 22 heavy (non-hydrogen) atoms. The normalized spacial score (nSPS) is 22.0. The molecule has 0 bridgehead atoms. The van der Waals surface area contributed by atoms with Crippen molar-refractivity contribution >= 4 is 0 Å². The van der Waals surface area contributed by atoms with Gasteiger partial charge in [-0.2, -0.15) is 0 Å². The van der Waals surface area contributed by atoms with E-state index in [1.54, 1.807) is 12.7 Å². The molecule has 1 aromatic carbocycles. The van der Waals surface area contributed by atoms with Crippen molar-refractivity contribution in [2.75, 3.05) is 7.11 Å². The molecule has 0 unspecified atom stereocenters. The lowest BCUT2D eigenvalue weighted by atomic mass is 9.74. The summed E-state index contributed by atoms with van der Waals surface area (Å²) in [5, 5.41) is 0. The molecule has 124 valence electrons. The molecule has 1 aromatic rings. The average molecular weight is 303 g/mol. The molecule has 1 saturated carbocycles. The van der Waals surface area contributed by atoms with Crippen molar-refractivity contribution in [1.29, 1.82) is 0 Å². The third-order valence-electron chi connectivity index (χ3n) is 5.54. The first kappa shape index (κ1) is 17.4. The van der Waals surface area contributed by atoms with Crippen LogP contribution in [0.5, 0.6) is 5.75 Å². The maximum atomic E-state index is 5.57. The quantitative estimate of drug-likeness (QED) is 0.533. The third kappa shape index (κ3) is 4.51. The van der Waals surface area contributed by atoms with E-state index < -0.39 is 0 Å². The molecule has 0 heterocycles. The summed E-state index contributed by atoms with van der Waals surface area (Å²) in [5.41, 5.74) is 2.97. The van der Waals surface area contributed by atoms with Crippen LogP contribution in [-0.4, -0.2) is 7.11 Å². The van der Waals surface area contributed by atoms with Crippen LogP contribution >= 0.6 is 0 Å². The fourth-order valence-electron chi connectivity index (χ4n) is 3.93. The van der Waals surface area contributed by atoms with E-state index in [0.29, 0.717) is 0 Å². The van der Waals surface area contributed by atoms with E-state index in [1.165, 1.54) is 50.5 Å². The highest BCUT2D eigenvalue weighted by molar-refractivity contribution is 5.39. The van der Waals surface area contributed by atoms with Crippen LogP contribution in [0.15, 0.2) is 18.2 Å². The van der Waals surface area contributed by atoms with Crippen LogP contribution in [0, 0.1) is 11.8 Å². The zero-order chi connectivity index (χ0) is 15.9. The van der Waals surface area contributed by atoms with Gasteiger partial charge in [-0.05, 0) is 73.5 Å². The first-order valence-electron chi connectivity index (χ1n) is 9.32. The summed E-state index contributed by atoms with van der Waals surface area (Å²) >= 11 is 0. The van der Waals surface area contributed by atoms with E-state index in [0.717, 1.165) is 29.9 Å². The summed E-state index contributed by atoms with van der Waals surface area (Å²) in [6, 6.07) is 6.95. The summed E-state index contributed by atoms with van der Waals surface area (Å²) < 4.78 is 5.57. The van der Waals surface area contributed by atoms with Crippen molar-refractivity contribution in [3.05, 3.63) is 29.3 Å². The van der Waals surface area contributed by atoms with Gasteiger partial charge in [-0.15, -0.1) is 0 Å². The van der Waals surface area contributed by atoms with E-state index in [1.807, 2.05) is 0 Å². The Morgan fingerprint density at radius 1 is 1.09 bits per heavy atom. The largest absolute Gasteiger partial charge is 0.496 e. The molecule has 1 nitrogen and oxygen atoms in total. The minimum atomic E-state index is 0.769. The monoisotopic (exact) mass is 302 g/mol. The van der Waals surface area contributed by atoms with Gasteiger partial charge in [0.2, 0.25) is 0 Å². The Labute approximate surface area is 137 Å². The van der Waals surface area contributed by atoms with Gasteiger partial charge in [-0.25, -0.2) is 0 Å². The molecule has 0 saturated heterocycles. The first-order valence-corrected chi connectivity index (χ1v) is 9.32. The predicted octanol–water partition coefficient (Wildman–Crippen LogP) is 6.36. The minimum Gasteiger partial charge on any atom is -0.496 e. The number of aryl methyl sites for hydroxylation is 1. The molecular weight excluding hydrogens is 268 g/mol. The van der Waals surface area contributed by atoms with Gasteiger partial charge in [-0.1, -0.05) is 45.7 Å². The molecule has 0 radical (unpaired) electrons. The van der Waals surface area contributed by atoms with Crippen LogP contribution in [0.2, 0.25) is 0 Å². The van der Waals surface area contributed by atoms with Gasteiger partial charge in [0, 0.05) is 0 Å². The topological polar surface area (TPSA) is 9.23 Å². The summed E-state index contributed by atoms with van der Waals surface area (Å²) in [5.74, 6) is 3.64. The van der Waals surface area contributed by atoms with Crippen LogP contribution in [0.25, 0.3) is 0 Å². The van der Waals surface area contributed by atoms with Crippen LogP contribution < -0.4 is 4.74 Å². The van der Waals surface area contributed by atoms with E-state index in [-0.39, 0.29) is 0 Å². The second-order valence-electron chi connectivity index (χ2n) is 7.38. The second kappa shape index (κ2) is 8.60. The Bertz CT molecular complexity index is 441. The van der Waals surface area contributed by atoms with E-state index >= 15 is 0 Å². The van der Waals surface area contributed by atoms with Crippen molar-refractivity contribution in [2.45, 2.75) is 78.1 Å². The molecule has 1 aliphatic carbocycles. The van der Waals surface area contributed by atoms with Crippen LogP contribution in [0.4, 0.5) is 0 Å². The molecule has 1 fully saturated rings. The van der Waals surface area contributed by atoms with Gasteiger partial charge in [0.05, 0.1) is 7.11 Å². The molecule has 0 atom stereocenters. The Morgan fingerprint density at radius 2 is 1.82 bits per heavy atom. The van der Waals surface area contributed by atoms with Gasteiger partial charge in [0.25, 0.3) is 0 Å². The Hall–Kier alpha value is -0.980. The van der Waals surface area contributed by atoms with Crippen molar-refractivity contribution < 1.29 is 4.74 Å². The number of unbranched alkanes of at least 4 members (excludes halogenated alkanes) is 2. The summed E-state index contributed by atoms with van der Waals surface area (Å²) in [6.07, 6.45) is 10.6. The lowest BCUT2D eigenvalue weighted by Gasteiger charge is -2.31. The summed E-state index contributed by atoms with van der Waals surface area (Å²) in [7, 11) is 1.80. The average Bonchev–Trinajstić information content (AvgIpc) is 2.55. The van der Waals surface area contributed by atoms with Crippen LogP contribution in [0.1, 0.15) is 82.8 Å². The highest BCUT2D eigenvalue weighted by Gasteiger charge is 2.24. The highest BCUT2D eigenvalue weighted by atomic mass is 16.5. The standard InChI is InChI=1S/C21H34O/c1-5-6-7-8-20-15-19(13-14-21(20)22-4)18-11-9-17(10-12-18)16(2)3/h13-18H,5-12H2,1-4H3. The van der Waals surface area contributed by atoms with Crippen LogP contribution in [-0.2, 0) is 6.42 Å². The molecule has 1 aliphatic rings.